The number of hydrogen-bond acceptors (Lipinski definition) is 3. The second-order valence-corrected chi connectivity index (χ2v) is 6.87. The van der Waals surface area contributed by atoms with Crippen molar-refractivity contribution in [1.82, 2.24) is 19.8 Å². The number of aromatic amines is 1. The standard InChI is InChI=1S/C16H28N4/c1-13(2)15-11-19(12-16-17-6-7-18-16)8-3-9-20(15)10-14-4-5-14/h6-7,13-15H,3-5,8-12H2,1-2H3,(H,17,18). The zero-order chi connectivity index (χ0) is 13.9. The van der Waals surface area contributed by atoms with Crippen molar-refractivity contribution < 1.29 is 0 Å². The van der Waals surface area contributed by atoms with Crippen LogP contribution in [0.2, 0.25) is 0 Å². The number of nitrogens with zero attached hydrogens (tertiary/aromatic N) is 3. The van der Waals surface area contributed by atoms with Crippen molar-refractivity contribution in [1.29, 1.82) is 0 Å². The van der Waals surface area contributed by atoms with Crippen LogP contribution in [0.3, 0.4) is 0 Å². The van der Waals surface area contributed by atoms with Crippen molar-refractivity contribution in [2.24, 2.45) is 11.8 Å². The number of H-pyrrole nitrogens is 1. The zero-order valence-electron chi connectivity index (χ0n) is 12.9. The van der Waals surface area contributed by atoms with E-state index in [1.807, 2.05) is 12.4 Å². The Kier molecular flexibility index (Phi) is 4.41. The molecule has 1 aliphatic carbocycles. The van der Waals surface area contributed by atoms with Crippen LogP contribution in [-0.2, 0) is 6.54 Å². The third-order valence-electron chi connectivity index (χ3n) is 4.72. The molecular weight excluding hydrogens is 248 g/mol. The summed E-state index contributed by atoms with van der Waals surface area (Å²) in [5.41, 5.74) is 0. The fourth-order valence-electron chi connectivity index (χ4n) is 3.37. The highest BCUT2D eigenvalue weighted by atomic mass is 15.3. The van der Waals surface area contributed by atoms with E-state index < -0.39 is 0 Å². The Morgan fingerprint density at radius 1 is 1.35 bits per heavy atom. The Labute approximate surface area is 122 Å². The van der Waals surface area contributed by atoms with Gasteiger partial charge in [0.2, 0.25) is 0 Å². The highest BCUT2D eigenvalue weighted by Gasteiger charge is 2.32. The lowest BCUT2D eigenvalue weighted by Crippen LogP contribution is -2.45. The van der Waals surface area contributed by atoms with Crippen molar-refractivity contribution in [3.05, 3.63) is 18.2 Å². The predicted molar refractivity (Wildman–Crippen MR) is 81.4 cm³/mol. The van der Waals surface area contributed by atoms with Crippen molar-refractivity contribution >= 4 is 0 Å². The molecular formula is C16H28N4. The predicted octanol–water partition coefficient (Wildman–Crippen LogP) is 2.35. The van der Waals surface area contributed by atoms with Crippen LogP contribution < -0.4 is 0 Å². The fraction of sp³-hybridized carbons (Fsp3) is 0.812. The Hall–Kier alpha value is -0.870. The average Bonchev–Trinajstić information content (AvgIpc) is 3.13. The summed E-state index contributed by atoms with van der Waals surface area (Å²) in [4.78, 5) is 13.0. The second kappa shape index (κ2) is 6.27. The average molecular weight is 276 g/mol. The minimum absolute atomic E-state index is 0.702. The number of nitrogens with one attached hydrogen (secondary N) is 1. The highest BCUT2D eigenvalue weighted by molar-refractivity contribution is 4.91. The van der Waals surface area contributed by atoms with Crippen LogP contribution in [0.25, 0.3) is 0 Å². The summed E-state index contributed by atoms with van der Waals surface area (Å²) in [6.07, 6.45) is 7.98. The first-order chi connectivity index (χ1) is 9.72. The highest BCUT2D eigenvalue weighted by Crippen LogP contribution is 2.31. The molecule has 1 saturated carbocycles. The summed E-state index contributed by atoms with van der Waals surface area (Å²) in [5, 5.41) is 0. The quantitative estimate of drug-likeness (QED) is 0.896. The van der Waals surface area contributed by atoms with Gasteiger partial charge in [0, 0.05) is 31.5 Å². The van der Waals surface area contributed by atoms with Gasteiger partial charge in [-0.2, -0.15) is 0 Å². The summed E-state index contributed by atoms with van der Waals surface area (Å²) in [6.45, 7) is 10.7. The SMILES string of the molecule is CC(C)C1CN(Cc2ncc[nH]2)CCCN1CC1CC1. The van der Waals surface area contributed by atoms with Crippen molar-refractivity contribution in [3.8, 4) is 0 Å². The number of aromatic nitrogens is 2. The maximum Gasteiger partial charge on any atom is 0.120 e. The maximum atomic E-state index is 4.38. The lowest BCUT2D eigenvalue weighted by molar-refractivity contribution is 0.131. The van der Waals surface area contributed by atoms with Crippen LogP contribution in [0.15, 0.2) is 12.4 Å². The van der Waals surface area contributed by atoms with Crippen molar-refractivity contribution in [2.75, 3.05) is 26.2 Å². The molecule has 2 heterocycles. The molecule has 1 saturated heterocycles. The summed E-state index contributed by atoms with van der Waals surface area (Å²) < 4.78 is 0. The number of hydrogen-bond donors (Lipinski definition) is 1. The van der Waals surface area contributed by atoms with Gasteiger partial charge >= 0.3 is 0 Å². The van der Waals surface area contributed by atoms with Gasteiger partial charge in [0.25, 0.3) is 0 Å². The van der Waals surface area contributed by atoms with E-state index in [1.54, 1.807) is 0 Å². The lowest BCUT2D eigenvalue weighted by Gasteiger charge is -2.34. The third kappa shape index (κ3) is 3.61. The minimum atomic E-state index is 0.702. The van der Waals surface area contributed by atoms with Gasteiger partial charge in [-0.05, 0) is 44.2 Å². The monoisotopic (exact) mass is 276 g/mol. The third-order valence-corrected chi connectivity index (χ3v) is 4.72. The van der Waals surface area contributed by atoms with Crippen LogP contribution in [0.4, 0.5) is 0 Å². The van der Waals surface area contributed by atoms with E-state index in [0.29, 0.717) is 6.04 Å². The van der Waals surface area contributed by atoms with Gasteiger partial charge in [-0.1, -0.05) is 13.8 Å². The molecule has 1 aromatic rings. The van der Waals surface area contributed by atoms with Crippen LogP contribution in [0.5, 0.6) is 0 Å². The van der Waals surface area contributed by atoms with Crippen molar-refractivity contribution in [2.45, 2.75) is 45.7 Å². The molecule has 1 unspecified atom stereocenters. The Bertz CT molecular complexity index is 397. The largest absolute Gasteiger partial charge is 0.348 e. The normalized spacial score (nSPS) is 26.1. The van der Waals surface area contributed by atoms with Gasteiger partial charge in [0.05, 0.1) is 6.54 Å². The summed E-state index contributed by atoms with van der Waals surface area (Å²) in [5.74, 6) is 2.82. The molecule has 0 spiro atoms. The first-order valence-corrected chi connectivity index (χ1v) is 8.17. The minimum Gasteiger partial charge on any atom is -0.348 e. The molecule has 20 heavy (non-hydrogen) atoms. The van der Waals surface area contributed by atoms with E-state index in [0.717, 1.165) is 24.2 Å². The fourth-order valence-corrected chi connectivity index (χ4v) is 3.37. The molecule has 1 atom stereocenters. The summed E-state index contributed by atoms with van der Waals surface area (Å²) in [7, 11) is 0. The van der Waals surface area contributed by atoms with Crippen LogP contribution in [0.1, 0.15) is 38.9 Å². The first kappa shape index (κ1) is 14.1. The van der Waals surface area contributed by atoms with Crippen molar-refractivity contribution in [3.63, 3.8) is 0 Å². The topological polar surface area (TPSA) is 35.2 Å². The van der Waals surface area contributed by atoms with Gasteiger partial charge in [-0.3, -0.25) is 9.80 Å². The summed E-state index contributed by atoms with van der Waals surface area (Å²) in [6, 6.07) is 0.702. The lowest BCUT2D eigenvalue weighted by atomic mass is 10.0. The Morgan fingerprint density at radius 2 is 2.20 bits per heavy atom. The van der Waals surface area contributed by atoms with E-state index in [9.17, 15) is 0 Å². The smallest absolute Gasteiger partial charge is 0.120 e. The molecule has 4 heteroatoms. The van der Waals surface area contributed by atoms with Crippen LogP contribution in [0, 0.1) is 11.8 Å². The Morgan fingerprint density at radius 3 is 2.85 bits per heavy atom. The van der Waals surface area contributed by atoms with E-state index in [-0.39, 0.29) is 0 Å². The molecule has 112 valence electrons. The molecule has 3 rings (SSSR count). The maximum absolute atomic E-state index is 4.38. The Balaban J connectivity index is 1.63. The van der Waals surface area contributed by atoms with E-state index in [1.165, 1.54) is 45.4 Å². The number of rotatable bonds is 5. The van der Waals surface area contributed by atoms with E-state index in [4.69, 9.17) is 0 Å². The van der Waals surface area contributed by atoms with Crippen LogP contribution in [-0.4, -0.2) is 52.0 Å². The van der Waals surface area contributed by atoms with Gasteiger partial charge in [-0.25, -0.2) is 4.98 Å². The molecule has 0 aromatic carbocycles. The second-order valence-electron chi connectivity index (χ2n) is 6.87. The molecule has 0 amide bonds. The molecule has 4 nitrogen and oxygen atoms in total. The molecule has 0 bridgehead atoms. The molecule has 2 fully saturated rings. The first-order valence-electron chi connectivity index (χ1n) is 8.17. The van der Waals surface area contributed by atoms with Gasteiger partial charge in [-0.15, -0.1) is 0 Å². The molecule has 1 aromatic heterocycles. The molecule has 1 aliphatic heterocycles. The van der Waals surface area contributed by atoms with Gasteiger partial charge in [0.15, 0.2) is 0 Å². The molecule has 1 N–H and O–H groups in total. The van der Waals surface area contributed by atoms with Crippen LogP contribution >= 0.6 is 0 Å². The van der Waals surface area contributed by atoms with E-state index >= 15 is 0 Å². The molecule has 2 aliphatic rings. The molecule has 0 radical (unpaired) electrons. The van der Waals surface area contributed by atoms with E-state index in [2.05, 4.69) is 33.6 Å². The zero-order valence-corrected chi connectivity index (χ0v) is 12.9. The number of imidazole rings is 1. The van der Waals surface area contributed by atoms with Gasteiger partial charge < -0.3 is 4.98 Å². The van der Waals surface area contributed by atoms with Gasteiger partial charge in [0.1, 0.15) is 5.82 Å². The summed E-state index contributed by atoms with van der Waals surface area (Å²) >= 11 is 0.